The highest BCUT2D eigenvalue weighted by Gasteiger charge is 2.24. The molecule has 0 aliphatic carbocycles. The molecule has 1 unspecified atom stereocenters. The first-order valence-corrected chi connectivity index (χ1v) is 8.31. The van der Waals surface area contributed by atoms with Crippen LogP contribution in [0.5, 0.6) is 0 Å². The number of thiazole rings is 2. The van der Waals surface area contributed by atoms with E-state index in [2.05, 4.69) is 20.2 Å². The Morgan fingerprint density at radius 1 is 1.57 bits per heavy atom. The Balaban J connectivity index is 1.67. The molecule has 112 valence electrons. The summed E-state index contributed by atoms with van der Waals surface area (Å²) in [5, 5.41) is 5.47. The lowest BCUT2D eigenvalue weighted by Crippen LogP contribution is -2.26. The molecule has 1 atom stereocenters. The van der Waals surface area contributed by atoms with Gasteiger partial charge in [-0.25, -0.2) is 9.97 Å². The molecule has 3 rings (SSSR count). The highest BCUT2D eigenvalue weighted by molar-refractivity contribution is 7.18. The van der Waals surface area contributed by atoms with Crippen LogP contribution in [0.15, 0.2) is 10.9 Å². The van der Waals surface area contributed by atoms with Crippen molar-refractivity contribution < 1.29 is 4.79 Å². The van der Waals surface area contributed by atoms with Gasteiger partial charge in [-0.2, -0.15) is 0 Å². The van der Waals surface area contributed by atoms with E-state index < -0.39 is 0 Å². The Morgan fingerprint density at radius 3 is 3.10 bits per heavy atom. The van der Waals surface area contributed by atoms with Crippen molar-refractivity contribution in [1.82, 2.24) is 15.3 Å². The van der Waals surface area contributed by atoms with Crippen LogP contribution in [-0.4, -0.2) is 35.0 Å². The Morgan fingerprint density at radius 2 is 2.43 bits per heavy atom. The molecule has 1 fully saturated rings. The minimum atomic E-state index is -0.215. The van der Waals surface area contributed by atoms with Gasteiger partial charge < -0.3 is 21.7 Å². The normalized spacial score (nSPS) is 18.1. The summed E-state index contributed by atoms with van der Waals surface area (Å²) in [7, 11) is 0. The zero-order valence-electron chi connectivity index (χ0n) is 11.3. The third-order valence-electron chi connectivity index (χ3n) is 3.26. The second-order valence-corrected chi connectivity index (χ2v) is 6.56. The molecule has 0 aromatic carbocycles. The van der Waals surface area contributed by atoms with E-state index in [0.29, 0.717) is 11.4 Å². The van der Waals surface area contributed by atoms with Crippen molar-refractivity contribution in [2.45, 2.75) is 19.0 Å². The van der Waals surface area contributed by atoms with Gasteiger partial charge in [-0.05, 0) is 6.42 Å². The van der Waals surface area contributed by atoms with E-state index in [4.69, 9.17) is 11.5 Å². The lowest BCUT2D eigenvalue weighted by atomic mass is 10.3. The fraction of sp³-hybridized carbons (Fsp3) is 0.417. The molecule has 2 aromatic heterocycles. The van der Waals surface area contributed by atoms with Crippen LogP contribution < -0.4 is 21.7 Å². The van der Waals surface area contributed by atoms with Gasteiger partial charge in [0.25, 0.3) is 5.91 Å². The van der Waals surface area contributed by atoms with E-state index in [1.807, 2.05) is 5.38 Å². The summed E-state index contributed by atoms with van der Waals surface area (Å²) in [6.45, 7) is 2.00. The number of aromatic nitrogens is 2. The second-order valence-electron chi connectivity index (χ2n) is 4.87. The molecule has 9 heteroatoms. The van der Waals surface area contributed by atoms with Gasteiger partial charge in [-0.15, -0.1) is 11.3 Å². The number of hydrogen-bond donors (Lipinski definition) is 3. The second kappa shape index (κ2) is 5.96. The molecular formula is C12H16N6OS2. The predicted octanol–water partition coefficient (Wildman–Crippen LogP) is 0.649. The number of amides is 1. The van der Waals surface area contributed by atoms with E-state index in [1.165, 1.54) is 22.7 Å². The summed E-state index contributed by atoms with van der Waals surface area (Å²) in [4.78, 5) is 23.1. The van der Waals surface area contributed by atoms with Crippen LogP contribution in [0.3, 0.4) is 0 Å². The van der Waals surface area contributed by atoms with Crippen LogP contribution in [0.2, 0.25) is 0 Å². The molecule has 2 aromatic rings. The van der Waals surface area contributed by atoms with Gasteiger partial charge in [-0.3, -0.25) is 4.79 Å². The number of nitrogen functional groups attached to an aromatic ring is 1. The molecule has 21 heavy (non-hydrogen) atoms. The molecule has 5 N–H and O–H groups in total. The maximum atomic E-state index is 12.2. The first kappa shape index (κ1) is 14.2. The average Bonchev–Trinajstić information content (AvgIpc) is 3.16. The van der Waals surface area contributed by atoms with E-state index in [9.17, 15) is 4.79 Å². The largest absolute Gasteiger partial charge is 0.382 e. The number of hydrogen-bond acceptors (Lipinski definition) is 8. The highest BCUT2D eigenvalue weighted by Crippen LogP contribution is 2.30. The molecule has 1 aliphatic heterocycles. The predicted molar refractivity (Wildman–Crippen MR) is 84.6 cm³/mol. The molecule has 0 bridgehead atoms. The molecule has 0 radical (unpaired) electrons. The van der Waals surface area contributed by atoms with Gasteiger partial charge in [0.1, 0.15) is 10.7 Å². The number of nitrogens with one attached hydrogen (secondary N) is 1. The smallest absolute Gasteiger partial charge is 0.265 e. The monoisotopic (exact) mass is 324 g/mol. The molecule has 7 nitrogen and oxygen atoms in total. The first-order valence-electron chi connectivity index (χ1n) is 6.55. The Kier molecular flexibility index (Phi) is 4.04. The maximum Gasteiger partial charge on any atom is 0.265 e. The number of rotatable bonds is 4. The SMILES string of the molecule is Nc1nc(N2CCC(N)C2)sc1C(=O)NCc1cscn1. The van der Waals surface area contributed by atoms with Crippen LogP contribution >= 0.6 is 22.7 Å². The van der Waals surface area contributed by atoms with E-state index in [0.717, 1.165) is 30.3 Å². The third kappa shape index (κ3) is 3.14. The topological polar surface area (TPSA) is 110 Å². The molecule has 3 heterocycles. The van der Waals surface area contributed by atoms with Crippen LogP contribution in [0.4, 0.5) is 10.9 Å². The fourth-order valence-corrected chi connectivity index (χ4v) is 3.65. The van der Waals surface area contributed by atoms with Gasteiger partial charge in [-0.1, -0.05) is 11.3 Å². The minimum Gasteiger partial charge on any atom is -0.382 e. The number of nitrogens with zero attached hydrogens (tertiary/aromatic N) is 3. The zero-order valence-corrected chi connectivity index (χ0v) is 12.9. The number of nitrogens with two attached hydrogens (primary N) is 2. The Labute approximate surface area is 130 Å². The van der Waals surface area contributed by atoms with Crippen LogP contribution in [-0.2, 0) is 6.54 Å². The molecule has 0 saturated carbocycles. The van der Waals surface area contributed by atoms with Crippen molar-refractivity contribution in [3.63, 3.8) is 0 Å². The zero-order chi connectivity index (χ0) is 14.8. The lowest BCUT2D eigenvalue weighted by Gasteiger charge is -2.12. The summed E-state index contributed by atoms with van der Waals surface area (Å²) in [6.07, 6.45) is 0.935. The van der Waals surface area contributed by atoms with Crippen molar-refractivity contribution >= 4 is 39.5 Å². The molecule has 1 amide bonds. The van der Waals surface area contributed by atoms with Gasteiger partial charge in [0.2, 0.25) is 0 Å². The molecule has 1 saturated heterocycles. The quantitative estimate of drug-likeness (QED) is 0.761. The summed E-state index contributed by atoms with van der Waals surface area (Å²) in [5.41, 5.74) is 14.3. The van der Waals surface area contributed by atoms with E-state index in [1.54, 1.807) is 5.51 Å². The van der Waals surface area contributed by atoms with Gasteiger partial charge >= 0.3 is 0 Å². The number of anilines is 2. The van der Waals surface area contributed by atoms with Crippen molar-refractivity contribution in [3.05, 3.63) is 21.5 Å². The number of carbonyl (C=O) groups is 1. The highest BCUT2D eigenvalue weighted by atomic mass is 32.1. The maximum absolute atomic E-state index is 12.2. The van der Waals surface area contributed by atoms with Crippen LogP contribution in [0.1, 0.15) is 21.8 Å². The van der Waals surface area contributed by atoms with Gasteiger partial charge in [0, 0.05) is 24.5 Å². The Hall–Kier alpha value is -1.71. The van der Waals surface area contributed by atoms with E-state index >= 15 is 0 Å². The van der Waals surface area contributed by atoms with Crippen molar-refractivity contribution in [1.29, 1.82) is 0 Å². The number of carbonyl (C=O) groups excluding carboxylic acids is 1. The van der Waals surface area contributed by atoms with Crippen LogP contribution in [0, 0.1) is 0 Å². The standard InChI is InChI=1S/C12H16N6OS2/c13-7-1-2-18(4-7)12-17-10(14)9(21-12)11(19)15-3-8-5-20-6-16-8/h5-7H,1-4,13-14H2,(H,15,19). The summed E-state index contributed by atoms with van der Waals surface area (Å²) >= 11 is 2.80. The van der Waals surface area contributed by atoms with Crippen molar-refractivity contribution in [2.75, 3.05) is 23.7 Å². The third-order valence-corrected chi connectivity index (χ3v) is 5.02. The van der Waals surface area contributed by atoms with Crippen molar-refractivity contribution in [2.24, 2.45) is 5.73 Å². The average molecular weight is 324 g/mol. The van der Waals surface area contributed by atoms with Gasteiger partial charge in [0.15, 0.2) is 5.13 Å². The fourth-order valence-electron chi connectivity index (χ4n) is 2.16. The summed E-state index contributed by atoms with van der Waals surface area (Å²) in [6, 6.07) is 0.164. The van der Waals surface area contributed by atoms with Crippen LogP contribution in [0.25, 0.3) is 0 Å². The molecule has 1 aliphatic rings. The summed E-state index contributed by atoms with van der Waals surface area (Å²) in [5.74, 6) is 0.0546. The summed E-state index contributed by atoms with van der Waals surface area (Å²) < 4.78 is 0. The minimum absolute atomic E-state index is 0.164. The molecular weight excluding hydrogens is 308 g/mol. The van der Waals surface area contributed by atoms with Gasteiger partial charge in [0.05, 0.1) is 17.7 Å². The molecule has 0 spiro atoms. The first-order chi connectivity index (χ1) is 10.1. The van der Waals surface area contributed by atoms with Crippen molar-refractivity contribution in [3.8, 4) is 0 Å². The Bertz CT molecular complexity index is 626. The lowest BCUT2D eigenvalue weighted by molar-refractivity contribution is 0.0955. The van der Waals surface area contributed by atoms with E-state index in [-0.39, 0.29) is 17.8 Å².